The lowest BCUT2D eigenvalue weighted by molar-refractivity contribution is -0.383. The monoisotopic (exact) mass is 366 g/mol. The number of nitrogens with zero attached hydrogens (tertiary/aromatic N) is 5. The molecule has 2 aliphatic rings. The van der Waals surface area contributed by atoms with Crippen LogP contribution in [-0.2, 0) is 9.47 Å². The number of nitro groups is 1. The number of ether oxygens (including phenoxy) is 2. The van der Waals surface area contributed by atoms with Crippen LogP contribution in [0.4, 0.5) is 23.3 Å². The molecule has 0 aliphatic carbocycles. The molecule has 1 aromatic heterocycles. The van der Waals surface area contributed by atoms with E-state index in [1.807, 2.05) is 37.5 Å². The van der Waals surface area contributed by atoms with Crippen molar-refractivity contribution >= 4 is 23.3 Å². The molecular formula is C16H26N6O4. The third-order valence-corrected chi connectivity index (χ3v) is 4.48. The molecule has 2 fully saturated rings. The lowest BCUT2D eigenvalue weighted by atomic mass is 10.2. The first-order valence-corrected chi connectivity index (χ1v) is 8.87. The third-order valence-electron chi connectivity index (χ3n) is 4.48. The van der Waals surface area contributed by atoms with Crippen LogP contribution in [0.25, 0.3) is 0 Å². The Morgan fingerprint density at radius 1 is 0.962 bits per heavy atom. The number of aromatic nitrogens is 2. The second-order valence-corrected chi connectivity index (χ2v) is 7.16. The van der Waals surface area contributed by atoms with Crippen LogP contribution in [0.2, 0.25) is 0 Å². The fraction of sp³-hybridized carbons (Fsp3) is 0.750. The van der Waals surface area contributed by atoms with E-state index in [0.29, 0.717) is 32.1 Å². The zero-order valence-electron chi connectivity index (χ0n) is 15.6. The summed E-state index contributed by atoms with van der Waals surface area (Å²) < 4.78 is 11.5. The number of nitrogen functional groups attached to an aromatic ring is 1. The maximum atomic E-state index is 11.6. The second-order valence-electron chi connectivity index (χ2n) is 7.16. The number of hydrogen-bond acceptors (Lipinski definition) is 9. The molecule has 0 unspecified atom stereocenters. The molecule has 10 heteroatoms. The topological polar surface area (TPSA) is 120 Å². The van der Waals surface area contributed by atoms with Gasteiger partial charge in [-0.25, -0.2) is 0 Å². The van der Waals surface area contributed by atoms with Gasteiger partial charge >= 0.3 is 5.69 Å². The molecule has 2 saturated heterocycles. The molecule has 4 atom stereocenters. The van der Waals surface area contributed by atoms with Crippen molar-refractivity contribution in [2.24, 2.45) is 0 Å². The van der Waals surface area contributed by atoms with E-state index in [9.17, 15) is 10.1 Å². The lowest BCUT2D eigenvalue weighted by Crippen LogP contribution is -2.47. The summed E-state index contributed by atoms with van der Waals surface area (Å²) in [6, 6.07) is 0. The van der Waals surface area contributed by atoms with E-state index in [2.05, 4.69) is 9.97 Å². The molecule has 144 valence electrons. The quantitative estimate of drug-likeness (QED) is 0.621. The zero-order chi connectivity index (χ0) is 19.0. The van der Waals surface area contributed by atoms with Crippen LogP contribution in [0.1, 0.15) is 27.7 Å². The van der Waals surface area contributed by atoms with Crippen LogP contribution in [0, 0.1) is 10.1 Å². The standard InChI is InChI=1S/C16H26N6O4/c1-9-5-20(6-10(2)25-9)15-13(22(23)24)14(17)18-16(19-15)21-7-11(3)26-12(4)8-21/h9-12H,5-8H2,1-4H3,(H2,17,18,19)/t9-,10-,11+,12+/m0/s1. The summed E-state index contributed by atoms with van der Waals surface area (Å²) in [5.41, 5.74) is 5.72. The molecule has 0 spiro atoms. The minimum Gasteiger partial charge on any atom is -0.378 e. The Morgan fingerprint density at radius 3 is 1.88 bits per heavy atom. The second kappa shape index (κ2) is 7.20. The highest BCUT2D eigenvalue weighted by Crippen LogP contribution is 2.34. The third kappa shape index (κ3) is 3.80. The normalized spacial score (nSPS) is 29.7. The Labute approximate surface area is 152 Å². The maximum absolute atomic E-state index is 11.6. The Kier molecular flexibility index (Phi) is 5.15. The van der Waals surface area contributed by atoms with E-state index in [1.54, 1.807) is 0 Å². The largest absolute Gasteiger partial charge is 0.378 e. The number of anilines is 3. The van der Waals surface area contributed by atoms with E-state index < -0.39 is 4.92 Å². The predicted octanol–water partition coefficient (Wildman–Crippen LogP) is 1.19. The van der Waals surface area contributed by atoms with Gasteiger partial charge in [0.25, 0.3) is 0 Å². The van der Waals surface area contributed by atoms with E-state index in [4.69, 9.17) is 15.2 Å². The molecular weight excluding hydrogens is 340 g/mol. The molecule has 2 N–H and O–H groups in total. The van der Waals surface area contributed by atoms with Gasteiger partial charge in [-0.3, -0.25) is 10.1 Å². The molecule has 3 rings (SSSR count). The van der Waals surface area contributed by atoms with E-state index in [0.717, 1.165) is 0 Å². The Hall–Kier alpha value is -2.20. The Bertz CT molecular complexity index is 667. The number of hydrogen-bond donors (Lipinski definition) is 1. The molecule has 3 heterocycles. The smallest absolute Gasteiger partial charge is 0.353 e. The summed E-state index contributed by atoms with van der Waals surface area (Å²) in [5.74, 6) is 0.539. The van der Waals surface area contributed by atoms with Gasteiger partial charge in [-0.1, -0.05) is 0 Å². The number of morpholine rings is 2. The molecule has 2 aliphatic heterocycles. The van der Waals surface area contributed by atoms with Gasteiger partial charge in [0.1, 0.15) is 0 Å². The van der Waals surface area contributed by atoms with Gasteiger partial charge in [0.05, 0.1) is 29.3 Å². The molecule has 0 radical (unpaired) electrons. The van der Waals surface area contributed by atoms with Gasteiger partial charge in [0.15, 0.2) is 0 Å². The highest BCUT2D eigenvalue weighted by molar-refractivity contribution is 5.71. The number of rotatable bonds is 3. The molecule has 0 amide bonds. The van der Waals surface area contributed by atoms with Crippen LogP contribution in [0.5, 0.6) is 0 Å². The van der Waals surface area contributed by atoms with Gasteiger partial charge in [-0.05, 0) is 27.7 Å². The van der Waals surface area contributed by atoms with Crippen LogP contribution in [0.15, 0.2) is 0 Å². The van der Waals surface area contributed by atoms with Crippen LogP contribution in [-0.4, -0.2) is 65.5 Å². The maximum Gasteiger partial charge on any atom is 0.353 e. The van der Waals surface area contributed by atoms with Crippen molar-refractivity contribution in [2.45, 2.75) is 52.1 Å². The van der Waals surface area contributed by atoms with Crippen LogP contribution in [0.3, 0.4) is 0 Å². The summed E-state index contributed by atoms with van der Waals surface area (Å²) in [7, 11) is 0. The predicted molar refractivity (Wildman–Crippen MR) is 97.5 cm³/mol. The molecule has 26 heavy (non-hydrogen) atoms. The van der Waals surface area contributed by atoms with Crippen molar-refractivity contribution in [3.63, 3.8) is 0 Å². The number of nitrogens with two attached hydrogens (primary N) is 1. The van der Waals surface area contributed by atoms with Crippen molar-refractivity contribution in [2.75, 3.05) is 41.7 Å². The average Bonchev–Trinajstić information content (AvgIpc) is 2.51. The molecule has 0 aromatic carbocycles. The molecule has 0 bridgehead atoms. The molecule has 1 aromatic rings. The van der Waals surface area contributed by atoms with E-state index in [1.165, 1.54) is 0 Å². The van der Waals surface area contributed by atoms with Crippen molar-refractivity contribution in [1.29, 1.82) is 0 Å². The van der Waals surface area contributed by atoms with Crippen molar-refractivity contribution in [1.82, 2.24) is 9.97 Å². The SMILES string of the molecule is C[C@@H]1CN(c2nc(N)c([N+](=O)[O-])c(N3C[C@H](C)O[C@@H](C)C3)n2)C[C@@H](C)O1. The van der Waals surface area contributed by atoms with Gasteiger partial charge in [0.2, 0.25) is 17.6 Å². The van der Waals surface area contributed by atoms with Crippen molar-refractivity contribution in [3.05, 3.63) is 10.1 Å². The Morgan fingerprint density at radius 2 is 1.42 bits per heavy atom. The first kappa shape index (κ1) is 18.6. The Balaban J connectivity index is 2.01. The fourth-order valence-electron chi connectivity index (χ4n) is 3.68. The van der Waals surface area contributed by atoms with Gasteiger partial charge < -0.3 is 25.0 Å². The minimum absolute atomic E-state index is 0.0191. The summed E-state index contributed by atoms with van der Waals surface area (Å²) in [6.45, 7) is 10.1. The summed E-state index contributed by atoms with van der Waals surface area (Å²) in [5, 5.41) is 11.6. The lowest BCUT2D eigenvalue weighted by Gasteiger charge is -2.37. The highest BCUT2D eigenvalue weighted by Gasteiger charge is 2.34. The zero-order valence-corrected chi connectivity index (χ0v) is 15.6. The van der Waals surface area contributed by atoms with E-state index in [-0.39, 0.29) is 41.7 Å². The highest BCUT2D eigenvalue weighted by atomic mass is 16.6. The average molecular weight is 366 g/mol. The fourth-order valence-corrected chi connectivity index (χ4v) is 3.68. The van der Waals surface area contributed by atoms with E-state index >= 15 is 0 Å². The van der Waals surface area contributed by atoms with Crippen LogP contribution >= 0.6 is 0 Å². The van der Waals surface area contributed by atoms with Gasteiger partial charge in [-0.2, -0.15) is 9.97 Å². The van der Waals surface area contributed by atoms with Crippen LogP contribution < -0.4 is 15.5 Å². The first-order chi connectivity index (χ1) is 12.2. The first-order valence-electron chi connectivity index (χ1n) is 8.87. The van der Waals surface area contributed by atoms with Crippen molar-refractivity contribution in [3.8, 4) is 0 Å². The van der Waals surface area contributed by atoms with Gasteiger partial charge in [0, 0.05) is 26.2 Å². The summed E-state index contributed by atoms with van der Waals surface area (Å²) in [4.78, 5) is 23.7. The summed E-state index contributed by atoms with van der Waals surface area (Å²) >= 11 is 0. The molecule has 0 saturated carbocycles. The van der Waals surface area contributed by atoms with Crippen molar-refractivity contribution < 1.29 is 14.4 Å². The van der Waals surface area contributed by atoms with Gasteiger partial charge in [-0.15, -0.1) is 0 Å². The minimum atomic E-state index is -0.510. The summed E-state index contributed by atoms with van der Waals surface area (Å²) in [6.07, 6.45) is -0.0702. The molecule has 10 nitrogen and oxygen atoms in total.